The predicted molar refractivity (Wildman–Crippen MR) is 46.6 cm³/mol. The normalized spacial score (nSPS) is 8.45. The van der Waals surface area contributed by atoms with Crippen LogP contribution in [0.15, 0.2) is 18.3 Å². The number of hydrogen-bond acceptors (Lipinski definition) is 2. The van der Waals surface area contributed by atoms with Crippen molar-refractivity contribution in [3.05, 3.63) is 24.0 Å². The predicted octanol–water partition coefficient (Wildman–Crippen LogP) is 1.53. The molecule has 0 atom stereocenters. The molecule has 0 aliphatic heterocycles. The van der Waals surface area contributed by atoms with Crippen molar-refractivity contribution < 1.29 is 5.11 Å². The molecule has 1 aromatic heterocycles. The molecule has 0 fully saturated rings. The summed E-state index contributed by atoms with van der Waals surface area (Å²) in [5.74, 6) is 5.58. The van der Waals surface area contributed by atoms with Crippen LogP contribution in [-0.4, -0.2) is 15.4 Å². The number of rotatable bonds is 0. The smallest absolute Gasteiger partial charge is 0.154 e. The van der Waals surface area contributed by atoms with Crippen molar-refractivity contribution in [2.45, 2.75) is 0 Å². The molecule has 0 amide bonds. The van der Waals surface area contributed by atoms with Crippen LogP contribution in [0.5, 0.6) is 5.75 Å². The molecule has 0 radical (unpaired) electrons. The average molecular weight is 212 g/mol. The van der Waals surface area contributed by atoms with Gasteiger partial charge in [0.25, 0.3) is 0 Å². The van der Waals surface area contributed by atoms with Crippen LogP contribution in [0.1, 0.15) is 5.69 Å². The Morgan fingerprint density at radius 3 is 3.09 bits per heavy atom. The van der Waals surface area contributed by atoms with Gasteiger partial charge in [-0.15, -0.1) is 0 Å². The number of halogens is 1. The van der Waals surface area contributed by atoms with E-state index in [1.54, 1.807) is 18.3 Å². The Balaban J connectivity index is 2.95. The Labute approximate surface area is 73.4 Å². The first-order valence-corrected chi connectivity index (χ1v) is 4.15. The average Bonchev–Trinajstić information content (AvgIpc) is 2.03. The van der Waals surface area contributed by atoms with E-state index < -0.39 is 0 Å². The second-order valence-electron chi connectivity index (χ2n) is 1.81. The minimum atomic E-state index is 0.126. The molecule has 0 aliphatic carbocycles. The van der Waals surface area contributed by atoms with Gasteiger partial charge in [-0.2, -0.15) is 0 Å². The van der Waals surface area contributed by atoms with Gasteiger partial charge in [-0.05, 0) is 18.1 Å². The summed E-state index contributed by atoms with van der Waals surface area (Å²) in [6.07, 6.45) is 1.60. The maximum atomic E-state index is 9.16. The number of nitrogens with zero attached hydrogens (tertiary/aromatic N) is 1. The topological polar surface area (TPSA) is 33.1 Å². The molecule has 56 valence electrons. The van der Waals surface area contributed by atoms with Crippen LogP contribution in [0.4, 0.5) is 0 Å². The summed E-state index contributed by atoms with van der Waals surface area (Å²) in [6.45, 7) is 0. The third kappa shape index (κ3) is 2.24. The van der Waals surface area contributed by atoms with Gasteiger partial charge in [0, 0.05) is 6.20 Å². The first-order chi connectivity index (χ1) is 5.34. The highest BCUT2D eigenvalue weighted by molar-refractivity contribution is 9.09. The van der Waals surface area contributed by atoms with E-state index in [9.17, 15) is 0 Å². The van der Waals surface area contributed by atoms with Gasteiger partial charge in [0.05, 0.1) is 5.33 Å². The Hall–Kier alpha value is -1.01. The number of hydrogen-bond donors (Lipinski definition) is 1. The van der Waals surface area contributed by atoms with Gasteiger partial charge >= 0.3 is 0 Å². The highest BCUT2D eigenvalue weighted by atomic mass is 79.9. The lowest BCUT2D eigenvalue weighted by molar-refractivity contribution is 0.471. The van der Waals surface area contributed by atoms with Gasteiger partial charge in [-0.1, -0.05) is 21.9 Å². The van der Waals surface area contributed by atoms with E-state index in [2.05, 4.69) is 32.8 Å². The SMILES string of the molecule is Oc1cccnc1C#CCBr. The van der Waals surface area contributed by atoms with Crippen molar-refractivity contribution in [3.63, 3.8) is 0 Å². The number of alkyl halides is 1. The Kier molecular flexibility index (Phi) is 2.94. The quantitative estimate of drug-likeness (QED) is 0.522. The molecule has 0 bridgehead atoms. The lowest BCUT2D eigenvalue weighted by atomic mass is 10.3. The highest BCUT2D eigenvalue weighted by Crippen LogP contribution is 2.10. The van der Waals surface area contributed by atoms with E-state index in [4.69, 9.17) is 5.11 Å². The van der Waals surface area contributed by atoms with Crippen LogP contribution < -0.4 is 0 Å². The fourth-order valence-electron chi connectivity index (χ4n) is 0.610. The van der Waals surface area contributed by atoms with Crippen LogP contribution in [0.3, 0.4) is 0 Å². The minimum absolute atomic E-state index is 0.126. The summed E-state index contributed by atoms with van der Waals surface area (Å²) in [7, 11) is 0. The fraction of sp³-hybridized carbons (Fsp3) is 0.125. The monoisotopic (exact) mass is 211 g/mol. The van der Waals surface area contributed by atoms with Gasteiger partial charge in [0.1, 0.15) is 5.75 Å². The number of aromatic hydroxyl groups is 1. The molecule has 0 aliphatic rings. The van der Waals surface area contributed by atoms with Crippen molar-refractivity contribution in [3.8, 4) is 17.6 Å². The molecule has 0 saturated heterocycles. The van der Waals surface area contributed by atoms with Gasteiger partial charge in [-0.25, -0.2) is 4.98 Å². The van der Waals surface area contributed by atoms with Crippen LogP contribution in [-0.2, 0) is 0 Å². The lowest BCUT2D eigenvalue weighted by Gasteiger charge is -1.91. The number of aromatic nitrogens is 1. The molecule has 11 heavy (non-hydrogen) atoms. The molecule has 0 unspecified atom stereocenters. The van der Waals surface area contributed by atoms with E-state index in [-0.39, 0.29) is 5.75 Å². The molecule has 1 N–H and O–H groups in total. The molecule has 0 saturated carbocycles. The summed E-state index contributed by atoms with van der Waals surface area (Å²) in [5, 5.41) is 9.74. The summed E-state index contributed by atoms with van der Waals surface area (Å²) in [5.41, 5.74) is 0.423. The van der Waals surface area contributed by atoms with E-state index >= 15 is 0 Å². The Morgan fingerprint density at radius 2 is 2.45 bits per heavy atom. The molecular weight excluding hydrogens is 206 g/mol. The van der Waals surface area contributed by atoms with E-state index in [1.165, 1.54) is 0 Å². The molecule has 2 nitrogen and oxygen atoms in total. The summed E-state index contributed by atoms with van der Waals surface area (Å²) < 4.78 is 0. The van der Waals surface area contributed by atoms with Crippen LogP contribution >= 0.6 is 15.9 Å². The summed E-state index contributed by atoms with van der Waals surface area (Å²) >= 11 is 3.15. The zero-order chi connectivity index (χ0) is 8.10. The van der Waals surface area contributed by atoms with E-state index in [0.717, 1.165) is 0 Å². The van der Waals surface area contributed by atoms with E-state index in [0.29, 0.717) is 11.0 Å². The molecule has 3 heteroatoms. The largest absolute Gasteiger partial charge is 0.505 e. The summed E-state index contributed by atoms with van der Waals surface area (Å²) in [6, 6.07) is 3.22. The van der Waals surface area contributed by atoms with Crippen molar-refractivity contribution in [1.82, 2.24) is 4.98 Å². The van der Waals surface area contributed by atoms with E-state index in [1.807, 2.05) is 0 Å². The van der Waals surface area contributed by atoms with Gasteiger partial charge in [-0.3, -0.25) is 0 Å². The maximum absolute atomic E-state index is 9.16. The van der Waals surface area contributed by atoms with Gasteiger partial charge in [0.15, 0.2) is 5.69 Å². The van der Waals surface area contributed by atoms with Crippen molar-refractivity contribution in [2.75, 3.05) is 5.33 Å². The molecular formula is C8H6BrNO. The fourth-order valence-corrected chi connectivity index (χ4v) is 0.750. The molecule has 1 heterocycles. The molecule has 0 spiro atoms. The zero-order valence-electron chi connectivity index (χ0n) is 5.71. The highest BCUT2D eigenvalue weighted by Gasteiger charge is 1.93. The van der Waals surface area contributed by atoms with Crippen LogP contribution in [0.2, 0.25) is 0 Å². The first-order valence-electron chi connectivity index (χ1n) is 3.03. The summed E-state index contributed by atoms with van der Waals surface area (Å²) in [4.78, 5) is 3.87. The third-order valence-corrected chi connectivity index (χ3v) is 1.34. The van der Waals surface area contributed by atoms with Crippen molar-refractivity contribution in [2.24, 2.45) is 0 Å². The molecule has 1 rings (SSSR count). The second-order valence-corrected chi connectivity index (χ2v) is 2.37. The second kappa shape index (κ2) is 3.99. The molecule has 0 aromatic carbocycles. The number of pyridine rings is 1. The van der Waals surface area contributed by atoms with Crippen molar-refractivity contribution in [1.29, 1.82) is 0 Å². The van der Waals surface area contributed by atoms with Crippen LogP contribution in [0, 0.1) is 11.8 Å². The maximum Gasteiger partial charge on any atom is 0.154 e. The standard InChI is InChI=1S/C8H6BrNO/c9-5-1-3-7-8(11)4-2-6-10-7/h2,4,6,11H,5H2. The Morgan fingerprint density at radius 1 is 1.64 bits per heavy atom. The van der Waals surface area contributed by atoms with Crippen LogP contribution in [0.25, 0.3) is 0 Å². The van der Waals surface area contributed by atoms with Crippen molar-refractivity contribution >= 4 is 15.9 Å². The molecule has 1 aromatic rings. The Bertz CT molecular complexity index is 300. The van der Waals surface area contributed by atoms with Gasteiger partial charge < -0.3 is 5.11 Å². The third-order valence-electron chi connectivity index (χ3n) is 1.06. The minimum Gasteiger partial charge on any atom is -0.505 e. The van der Waals surface area contributed by atoms with Gasteiger partial charge in [0.2, 0.25) is 0 Å². The zero-order valence-corrected chi connectivity index (χ0v) is 7.30. The lowest BCUT2D eigenvalue weighted by Crippen LogP contribution is -1.80. The first kappa shape index (κ1) is 8.09.